The van der Waals surface area contributed by atoms with Gasteiger partial charge >= 0.3 is 0 Å². The van der Waals surface area contributed by atoms with Crippen LogP contribution in [0.4, 0.5) is 5.13 Å². The highest BCUT2D eigenvalue weighted by molar-refractivity contribution is 7.89. The van der Waals surface area contributed by atoms with Crippen molar-refractivity contribution < 1.29 is 17.9 Å². The Hall–Kier alpha value is -3.13. The Morgan fingerprint density at radius 3 is 2.31 bits per heavy atom. The number of methoxy groups -OCH3 is 2. The van der Waals surface area contributed by atoms with Gasteiger partial charge in [0.15, 0.2) is 5.13 Å². The summed E-state index contributed by atoms with van der Waals surface area (Å²) in [5.41, 5.74) is 1.85. The van der Waals surface area contributed by atoms with Gasteiger partial charge in [0.25, 0.3) is 0 Å². The molecular weight excluding hydrogens is 448 g/mol. The molecule has 10 heteroatoms. The van der Waals surface area contributed by atoms with E-state index in [2.05, 4.69) is 4.90 Å². The maximum atomic E-state index is 13.0. The fraction of sp³-hybridized carbons (Fsp3) is 0.273. The number of hydrogen-bond acceptors (Lipinski definition) is 8. The minimum Gasteiger partial charge on any atom is -0.497 e. The van der Waals surface area contributed by atoms with Crippen molar-refractivity contribution in [3.05, 3.63) is 53.4 Å². The van der Waals surface area contributed by atoms with Crippen LogP contribution in [0.1, 0.15) is 5.56 Å². The summed E-state index contributed by atoms with van der Waals surface area (Å²) in [6.07, 6.45) is 0. The van der Waals surface area contributed by atoms with Gasteiger partial charge < -0.3 is 14.4 Å². The molecule has 0 aliphatic carbocycles. The number of ether oxygens (including phenoxy) is 2. The lowest BCUT2D eigenvalue weighted by molar-refractivity contribution is 0.384. The Morgan fingerprint density at radius 1 is 1.03 bits per heavy atom. The summed E-state index contributed by atoms with van der Waals surface area (Å²) in [6, 6.07) is 13.9. The molecule has 0 N–H and O–H groups in total. The fourth-order valence-corrected chi connectivity index (χ4v) is 5.99. The number of rotatable bonds is 6. The molecule has 0 atom stereocenters. The van der Waals surface area contributed by atoms with E-state index in [0.29, 0.717) is 37.7 Å². The lowest BCUT2D eigenvalue weighted by atomic mass is 10.1. The second-order valence-electron chi connectivity index (χ2n) is 7.12. The van der Waals surface area contributed by atoms with E-state index in [1.807, 2.05) is 23.6 Å². The average Bonchev–Trinajstić information content (AvgIpc) is 3.34. The van der Waals surface area contributed by atoms with Crippen molar-refractivity contribution in [2.24, 2.45) is 0 Å². The largest absolute Gasteiger partial charge is 0.497 e. The summed E-state index contributed by atoms with van der Waals surface area (Å²) in [5, 5.41) is 12.1. The van der Waals surface area contributed by atoms with Gasteiger partial charge in [-0.3, -0.25) is 0 Å². The van der Waals surface area contributed by atoms with Crippen molar-refractivity contribution in [3.63, 3.8) is 0 Å². The van der Waals surface area contributed by atoms with Crippen LogP contribution >= 0.6 is 11.3 Å². The minimum absolute atomic E-state index is 0.0551. The van der Waals surface area contributed by atoms with Crippen LogP contribution < -0.4 is 14.4 Å². The molecule has 1 aromatic heterocycles. The molecule has 3 aromatic rings. The average molecular weight is 471 g/mol. The predicted octanol–water partition coefficient (Wildman–Crippen LogP) is 3.21. The van der Waals surface area contributed by atoms with Gasteiger partial charge in [0.05, 0.1) is 30.4 Å². The quantitative estimate of drug-likeness (QED) is 0.546. The molecule has 0 bridgehead atoms. The molecule has 1 fully saturated rings. The molecule has 166 valence electrons. The van der Waals surface area contributed by atoms with E-state index < -0.39 is 10.0 Å². The molecule has 0 unspecified atom stereocenters. The number of aromatic nitrogens is 1. The highest BCUT2D eigenvalue weighted by Crippen LogP contribution is 2.33. The molecule has 0 radical (unpaired) electrons. The van der Waals surface area contributed by atoms with Crippen LogP contribution in [-0.4, -0.2) is 58.1 Å². The number of hydrogen-bond donors (Lipinski definition) is 0. The molecule has 0 spiro atoms. The lowest BCUT2D eigenvalue weighted by Crippen LogP contribution is -2.48. The highest BCUT2D eigenvalue weighted by atomic mass is 32.2. The Labute approximate surface area is 191 Å². The molecule has 2 heterocycles. The van der Waals surface area contributed by atoms with Gasteiger partial charge in [-0.05, 0) is 24.3 Å². The SMILES string of the molecule is COc1cc(OC)cc(-c2csc(N3CCN(S(=O)(=O)c4ccccc4C#N)CC3)n2)c1. The van der Waals surface area contributed by atoms with Crippen LogP contribution in [0.5, 0.6) is 11.5 Å². The smallest absolute Gasteiger partial charge is 0.244 e. The van der Waals surface area contributed by atoms with Gasteiger partial charge in [0, 0.05) is 43.2 Å². The van der Waals surface area contributed by atoms with Crippen molar-refractivity contribution >= 4 is 26.5 Å². The number of piperazine rings is 1. The molecule has 1 aliphatic heterocycles. The van der Waals surface area contributed by atoms with Gasteiger partial charge in [-0.25, -0.2) is 13.4 Å². The Bertz CT molecular complexity index is 1240. The number of sulfonamides is 1. The number of thiazole rings is 1. The first-order chi connectivity index (χ1) is 15.5. The third-order valence-corrected chi connectivity index (χ3v) is 8.13. The zero-order valence-corrected chi connectivity index (χ0v) is 19.3. The van der Waals surface area contributed by atoms with E-state index >= 15 is 0 Å². The maximum absolute atomic E-state index is 13.0. The Balaban J connectivity index is 1.49. The predicted molar refractivity (Wildman–Crippen MR) is 123 cm³/mol. The van der Waals surface area contributed by atoms with Gasteiger partial charge in [0.2, 0.25) is 10.0 Å². The van der Waals surface area contributed by atoms with Crippen molar-refractivity contribution in [1.82, 2.24) is 9.29 Å². The standard InChI is InChI=1S/C22H22N4O4S2/c1-29-18-11-17(12-19(13-18)30-2)20-15-31-22(24-20)25-7-9-26(10-8-25)32(27,28)21-6-4-3-5-16(21)14-23/h3-6,11-13,15H,7-10H2,1-2H3. The second-order valence-corrected chi connectivity index (χ2v) is 9.86. The van der Waals surface area contributed by atoms with E-state index in [1.54, 1.807) is 32.4 Å². The summed E-state index contributed by atoms with van der Waals surface area (Å²) < 4.78 is 38.2. The van der Waals surface area contributed by atoms with E-state index in [-0.39, 0.29) is 10.5 Å². The fourth-order valence-electron chi connectivity index (χ4n) is 3.54. The first-order valence-corrected chi connectivity index (χ1v) is 12.2. The van der Waals surface area contributed by atoms with Gasteiger partial charge in [-0.1, -0.05) is 12.1 Å². The molecule has 1 aliphatic rings. The molecule has 2 aromatic carbocycles. The van der Waals surface area contributed by atoms with E-state index in [9.17, 15) is 13.7 Å². The van der Waals surface area contributed by atoms with Crippen LogP contribution in [-0.2, 0) is 10.0 Å². The van der Waals surface area contributed by atoms with Crippen molar-refractivity contribution in [2.45, 2.75) is 4.90 Å². The molecule has 32 heavy (non-hydrogen) atoms. The molecule has 0 saturated carbocycles. The zero-order chi connectivity index (χ0) is 22.7. The number of benzene rings is 2. The Morgan fingerprint density at radius 2 is 1.69 bits per heavy atom. The summed E-state index contributed by atoms with van der Waals surface area (Å²) in [5.74, 6) is 1.37. The first-order valence-electron chi connectivity index (χ1n) is 9.89. The van der Waals surface area contributed by atoms with Crippen molar-refractivity contribution in [2.75, 3.05) is 45.3 Å². The van der Waals surface area contributed by atoms with Crippen LogP contribution in [0.2, 0.25) is 0 Å². The number of anilines is 1. The summed E-state index contributed by atoms with van der Waals surface area (Å²) in [7, 11) is -0.515. The molecular formula is C22H22N4O4S2. The third-order valence-electron chi connectivity index (χ3n) is 5.27. The van der Waals surface area contributed by atoms with Crippen LogP contribution in [0.3, 0.4) is 0 Å². The summed E-state index contributed by atoms with van der Waals surface area (Å²) in [6.45, 7) is 1.68. The van der Waals surface area contributed by atoms with Crippen molar-refractivity contribution in [3.8, 4) is 28.8 Å². The monoisotopic (exact) mass is 470 g/mol. The molecule has 4 rings (SSSR count). The maximum Gasteiger partial charge on any atom is 0.244 e. The topological polar surface area (TPSA) is 95.8 Å². The molecule has 8 nitrogen and oxygen atoms in total. The van der Waals surface area contributed by atoms with Gasteiger partial charge in [0.1, 0.15) is 17.6 Å². The first kappa shape index (κ1) is 22.1. The normalized spacial score (nSPS) is 14.7. The Kier molecular flexibility index (Phi) is 6.32. The zero-order valence-electron chi connectivity index (χ0n) is 17.7. The van der Waals surface area contributed by atoms with Crippen LogP contribution in [0, 0.1) is 11.3 Å². The molecule has 0 amide bonds. The highest BCUT2D eigenvalue weighted by Gasteiger charge is 2.31. The lowest BCUT2D eigenvalue weighted by Gasteiger charge is -2.33. The number of nitrogens with zero attached hydrogens (tertiary/aromatic N) is 4. The second kappa shape index (κ2) is 9.16. The van der Waals surface area contributed by atoms with E-state index in [4.69, 9.17) is 14.5 Å². The van der Waals surface area contributed by atoms with E-state index in [1.165, 1.54) is 27.8 Å². The van der Waals surface area contributed by atoms with Crippen LogP contribution in [0.15, 0.2) is 52.7 Å². The van der Waals surface area contributed by atoms with E-state index in [0.717, 1.165) is 16.4 Å². The van der Waals surface area contributed by atoms with Gasteiger partial charge in [-0.15, -0.1) is 11.3 Å². The van der Waals surface area contributed by atoms with Gasteiger partial charge in [-0.2, -0.15) is 9.57 Å². The summed E-state index contributed by atoms with van der Waals surface area (Å²) >= 11 is 1.51. The minimum atomic E-state index is -3.72. The third kappa shape index (κ3) is 4.27. The summed E-state index contributed by atoms with van der Waals surface area (Å²) in [4.78, 5) is 6.88. The number of nitriles is 1. The molecule has 1 saturated heterocycles. The van der Waals surface area contributed by atoms with Crippen LogP contribution in [0.25, 0.3) is 11.3 Å². The van der Waals surface area contributed by atoms with Crippen molar-refractivity contribution in [1.29, 1.82) is 5.26 Å².